The lowest BCUT2D eigenvalue weighted by Crippen LogP contribution is -2.44. The molecule has 1 aromatic carbocycles. The maximum absolute atomic E-state index is 13.4. The minimum atomic E-state index is -0.796. The first kappa shape index (κ1) is 17.4. The van der Waals surface area contributed by atoms with Crippen LogP contribution < -0.4 is 15.5 Å². The van der Waals surface area contributed by atoms with Gasteiger partial charge in [-0.2, -0.15) is 0 Å². The summed E-state index contributed by atoms with van der Waals surface area (Å²) < 4.78 is 26.4. The summed E-state index contributed by atoms with van der Waals surface area (Å²) in [6.45, 7) is 2.52. The third kappa shape index (κ3) is 4.56. The number of rotatable bonds is 4. The van der Waals surface area contributed by atoms with Crippen LogP contribution in [0.4, 0.5) is 14.5 Å². The van der Waals surface area contributed by atoms with E-state index in [1.165, 1.54) is 44.2 Å². The fourth-order valence-electron chi connectivity index (χ4n) is 3.64. The summed E-state index contributed by atoms with van der Waals surface area (Å²) in [6, 6.07) is 4.63. The molecule has 0 amide bonds. The van der Waals surface area contributed by atoms with Gasteiger partial charge in [-0.1, -0.05) is 19.3 Å². The van der Waals surface area contributed by atoms with E-state index < -0.39 is 11.6 Å². The monoisotopic (exact) mass is 353 g/mol. The molecule has 0 aromatic heterocycles. The number of hydrogen-bond acceptors (Lipinski definition) is 2. The molecule has 2 fully saturated rings. The van der Waals surface area contributed by atoms with Gasteiger partial charge in [0, 0.05) is 37.4 Å². The Kier molecular flexibility index (Phi) is 5.87. The Balaban J connectivity index is 1.42. The Bertz CT molecular complexity index is 575. The Hall–Kier alpha value is -1.43. The number of anilines is 1. The van der Waals surface area contributed by atoms with Crippen LogP contribution in [0.5, 0.6) is 0 Å². The van der Waals surface area contributed by atoms with E-state index in [9.17, 15) is 8.78 Å². The third-order valence-corrected chi connectivity index (χ3v) is 5.31. The number of nitrogens with zero attached hydrogens (tertiary/aromatic N) is 1. The zero-order valence-corrected chi connectivity index (χ0v) is 14.7. The maximum atomic E-state index is 13.4. The molecule has 1 aliphatic carbocycles. The van der Waals surface area contributed by atoms with E-state index in [-0.39, 0.29) is 0 Å². The standard InChI is InChI=1S/C18H25F2N3S/c19-16-7-6-15(10-17(16)20)23-9-8-13(12-23)11-21-18(24)22-14-4-2-1-3-5-14/h6-7,10,13-14H,1-5,8-9,11-12H2,(H2,21,22,24). The number of nitrogens with one attached hydrogen (secondary N) is 2. The quantitative estimate of drug-likeness (QED) is 0.809. The summed E-state index contributed by atoms with van der Waals surface area (Å²) in [5, 5.41) is 7.48. The van der Waals surface area contributed by atoms with Gasteiger partial charge in [-0.3, -0.25) is 0 Å². The highest BCUT2D eigenvalue weighted by atomic mass is 32.1. The molecular weight excluding hydrogens is 328 g/mol. The molecule has 1 heterocycles. The lowest BCUT2D eigenvalue weighted by Gasteiger charge is -2.25. The largest absolute Gasteiger partial charge is 0.371 e. The van der Waals surface area contributed by atoms with Crippen molar-refractivity contribution in [1.82, 2.24) is 10.6 Å². The van der Waals surface area contributed by atoms with Crippen LogP contribution in [-0.4, -0.2) is 30.8 Å². The molecule has 24 heavy (non-hydrogen) atoms. The van der Waals surface area contributed by atoms with E-state index in [2.05, 4.69) is 15.5 Å². The summed E-state index contributed by atoms with van der Waals surface area (Å²) in [4.78, 5) is 2.10. The second-order valence-corrected chi connectivity index (χ2v) is 7.30. The van der Waals surface area contributed by atoms with Crippen LogP contribution >= 0.6 is 12.2 Å². The Morgan fingerprint density at radius 1 is 1.12 bits per heavy atom. The third-order valence-electron chi connectivity index (χ3n) is 5.05. The molecule has 2 aliphatic rings. The van der Waals surface area contributed by atoms with Crippen LogP contribution in [0.2, 0.25) is 0 Å². The van der Waals surface area contributed by atoms with Crippen molar-refractivity contribution in [3.63, 3.8) is 0 Å². The van der Waals surface area contributed by atoms with Crippen molar-refractivity contribution in [2.75, 3.05) is 24.5 Å². The van der Waals surface area contributed by atoms with Crippen molar-refractivity contribution in [2.24, 2.45) is 5.92 Å². The molecule has 1 aromatic rings. The summed E-state index contributed by atoms with van der Waals surface area (Å²) in [7, 11) is 0. The lowest BCUT2D eigenvalue weighted by atomic mass is 9.96. The van der Waals surface area contributed by atoms with Gasteiger partial charge in [-0.15, -0.1) is 0 Å². The van der Waals surface area contributed by atoms with Gasteiger partial charge < -0.3 is 15.5 Å². The van der Waals surface area contributed by atoms with Gasteiger partial charge >= 0.3 is 0 Å². The van der Waals surface area contributed by atoms with Crippen LogP contribution in [0.1, 0.15) is 38.5 Å². The van der Waals surface area contributed by atoms with E-state index in [0.717, 1.165) is 36.9 Å². The SMILES string of the molecule is Fc1ccc(N2CCC(CNC(=S)NC3CCCCC3)C2)cc1F. The number of halogens is 2. The second kappa shape index (κ2) is 8.10. The average Bonchev–Trinajstić information content (AvgIpc) is 3.05. The predicted molar refractivity (Wildman–Crippen MR) is 97.3 cm³/mol. The topological polar surface area (TPSA) is 27.3 Å². The van der Waals surface area contributed by atoms with Gasteiger partial charge in [0.25, 0.3) is 0 Å². The van der Waals surface area contributed by atoms with E-state index in [1.807, 2.05) is 0 Å². The van der Waals surface area contributed by atoms with Crippen LogP contribution in [0.15, 0.2) is 18.2 Å². The Morgan fingerprint density at radius 2 is 1.92 bits per heavy atom. The van der Waals surface area contributed by atoms with Crippen LogP contribution in [0.3, 0.4) is 0 Å². The molecular formula is C18H25F2N3S. The number of hydrogen-bond donors (Lipinski definition) is 2. The van der Waals surface area contributed by atoms with Gasteiger partial charge in [-0.05, 0) is 49.5 Å². The fraction of sp³-hybridized carbons (Fsp3) is 0.611. The second-order valence-electron chi connectivity index (χ2n) is 6.89. The highest BCUT2D eigenvalue weighted by molar-refractivity contribution is 7.80. The first-order valence-corrected chi connectivity index (χ1v) is 9.27. The minimum Gasteiger partial charge on any atom is -0.371 e. The minimum absolute atomic E-state index is 0.462. The van der Waals surface area contributed by atoms with Crippen LogP contribution in [0.25, 0.3) is 0 Å². The van der Waals surface area contributed by atoms with Gasteiger partial charge in [-0.25, -0.2) is 8.78 Å². The molecule has 0 bridgehead atoms. The van der Waals surface area contributed by atoms with E-state index in [0.29, 0.717) is 12.0 Å². The highest BCUT2D eigenvalue weighted by Gasteiger charge is 2.23. The zero-order chi connectivity index (χ0) is 16.9. The van der Waals surface area contributed by atoms with Crippen molar-refractivity contribution in [3.05, 3.63) is 29.8 Å². The summed E-state index contributed by atoms with van der Waals surface area (Å²) in [6.07, 6.45) is 7.33. The van der Waals surface area contributed by atoms with E-state index in [1.54, 1.807) is 6.07 Å². The average molecular weight is 353 g/mol. The first-order valence-electron chi connectivity index (χ1n) is 8.86. The van der Waals surface area contributed by atoms with Gasteiger partial charge in [0.05, 0.1) is 0 Å². The van der Waals surface area contributed by atoms with E-state index >= 15 is 0 Å². The molecule has 132 valence electrons. The smallest absolute Gasteiger partial charge is 0.166 e. The Morgan fingerprint density at radius 3 is 2.67 bits per heavy atom. The van der Waals surface area contributed by atoms with Crippen LogP contribution in [-0.2, 0) is 0 Å². The molecule has 0 radical (unpaired) electrons. The Labute approximate surface area is 147 Å². The van der Waals surface area contributed by atoms with Crippen molar-refractivity contribution < 1.29 is 8.78 Å². The fourth-order valence-corrected chi connectivity index (χ4v) is 3.89. The van der Waals surface area contributed by atoms with Crippen LogP contribution in [0, 0.1) is 17.6 Å². The highest BCUT2D eigenvalue weighted by Crippen LogP contribution is 2.25. The van der Waals surface area contributed by atoms with Gasteiger partial charge in [0.15, 0.2) is 16.7 Å². The van der Waals surface area contributed by atoms with Crippen molar-refractivity contribution in [3.8, 4) is 0 Å². The number of benzene rings is 1. The summed E-state index contributed by atoms with van der Waals surface area (Å²) >= 11 is 5.40. The molecule has 1 atom stereocenters. The van der Waals surface area contributed by atoms with Crippen molar-refractivity contribution in [2.45, 2.75) is 44.6 Å². The molecule has 1 unspecified atom stereocenters. The molecule has 6 heteroatoms. The summed E-state index contributed by atoms with van der Waals surface area (Å²) in [5.74, 6) is -1.12. The normalized spacial score (nSPS) is 21.8. The molecule has 1 saturated carbocycles. The van der Waals surface area contributed by atoms with Crippen molar-refractivity contribution in [1.29, 1.82) is 0 Å². The van der Waals surface area contributed by atoms with Gasteiger partial charge in [0.2, 0.25) is 0 Å². The molecule has 2 N–H and O–H groups in total. The molecule has 3 rings (SSSR count). The molecule has 1 aliphatic heterocycles. The lowest BCUT2D eigenvalue weighted by molar-refractivity contribution is 0.411. The van der Waals surface area contributed by atoms with E-state index in [4.69, 9.17) is 12.2 Å². The summed E-state index contributed by atoms with van der Waals surface area (Å²) in [5.41, 5.74) is 0.749. The zero-order valence-electron chi connectivity index (χ0n) is 13.9. The first-order chi connectivity index (χ1) is 11.6. The maximum Gasteiger partial charge on any atom is 0.166 e. The molecule has 1 saturated heterocycles. The van der Waals surface area contributed by atoms with Gasteiger partial charge in [0.1, 0.15) is 0 Å². The van der Waals surface area contributed by atoms with Crippen molar-refractivity contribution >= 4 is 23.0 Å². The number of thiocarbonyl (C=S) groups is 1. The molecule has 0 spiro atoms. The molecule has 3 nitrogen and oxygen atoms in total. The predicted octanol–water partition coefficient (Wildman–Crippen LogP) is 3.59.